The Morgan fingerprint density at radius 3 is 2.62 bits per heavy atom. The molecular weight excluding hydrogens is 298 g/mol. The van der Waals surface area contributed by atoms with E-state index >= 15 is 0 Å². The van der Waals surface area contributed by atoms with Crippen LogP contribution in [0, 0.1) is 0 Å². The second kappa shape index (κ2) is 7.66. The van der Waals surface area contributed by atoms with Crippen molar-refractivity contribution in [3.8, 4) is 5.75 Å². The Morgan fingerprint density at radius 1 is 1.38 bits per heavy atom. The molecular formula is C20H33N3O. The lowest BCUT2D eigenvalue weighted by atomic mass is 9.84. The zero-order valence-corrected chi connectivity index (χ0v) is 15.5. The van der Waals surface area contributed by atoms with Crippen molar-refractivity contribution in [3.05, 3.63) is 28.8 Å². The van der Waals surface area contributed by atoms with Crippen molar-refractivity contribution in [2.24, 2.45) is 16.5 Å². The monoisotopic (exact) mass is 331 g/mol. The minimum atomic E-state index is -0.419. The number of hydrogen-bond donors (Lipinski definition) is 3. The van der Waals surface area contributed by atoms with Crippen LogP contribution in [-0.2, 0) is 6.42 Å². The van der Waals surface area contributed by atoms with Crippen LogP contribution in [0.3, 0.4) is 0 Å². The highest BCUT2D eigenvalue weighted by Crippen LogP contribution is 2.35. The summed E-state index contributed by atoms with van der Waals surface area (Å²) in [4.78, 5) is 4.45. The van der Waals surface area contributed by atoms with E-state index < -0.39 is 5.54 Å². The summed E-state index contributed by atoms with van der Waals surface area (Å²) >= 11 is 0. The van der Waals surface area contributed by atoms with Crippen molar-refractivity contribution in [1.82, 2.24) is 0 Å². The van der Waals surface area contributed by atoms with Crippen LogP contribution >= 0.6 is 0 Å². The third-order valence-corrected chi connectivity index (χ3v) is 5.35. The molecule has 134 valence electrons. The van der Waals surface area contributed by atoms with Crippen molar-refractivity contribution >= 4 is 6.21 Å². The van der Waals surface area contributed by atoms with Gasteiger partial charge in [0.1, 0.15) is 5.75 Å². The molecule has 5 N–H and O–H groups in total. The molecule has 1 aromatic rings. The van der Waals surface area contributed by atoms with Crippen LogP contribution < -0.4 is 11.5 Å². The molecule has 2 rings (SSSR count). The van der Waals surface area contributed by atoms with Gasteiger partial charge in [-0.15, -0.1) is 0 Å². The quantitative estimate of drug-likeness (QED) is 0.698. The Hall–Kier alpha value is -1.39. The maximum atomic E-state index is 10.8. The molecule has 0 saturated heterocycles. The number of hydrogen-bond acceptors (Lipinski definition) is 4. The average Bonchev–Trinajstić information content (AvgIpc) is 2.86. The van der Waals surface area contributed by atoms with Gasteiger partial charge in [-0.3, -0.25) is 4.99 Å². The number of nitrogens with zero attached hydrogens (tertiary/aromatic N) is 1. The highest BCUT2D eigenvalue weighted by atomic mass is 16.3. The fourth-order valence-corrected chi connectivity index (χ4v) is 3.43. The summed E-state index contributed by atoms with van der Waals surface area (Å²) in [5.41, 5.74) is 15.3. The lowest BCUT2D eigenvalue weighted by Crippen LogP contribution is -2.53. The summed E-state index contributed by atoms with van der Waals surface area (Å²) in [6.45, 7) is 8.44. The molecule has 4 heteroatoms. The third kappa shape index (κ3) is 4.17. The fraction of sp³-hybridized carbons (Fsp3) is 0.650. The van der Waals surface area contributed by atoms with E-state index in [1.165, 1.54) is 5.56 Å². The molecule has 0 aromatic heterocycles. The topological polar surface area (TPSA) is 84.6 Å². The van der Waals surface area contributed by atoms with E-state index in [0.717, 1.165) is 36.8 Å². The predicted octanol–water partition coefficient (Wildman–Crippen LogP) is 3.48. The standard InChI is InChI=1S/C20H33N3O/c1-5-14(4)15-9-16(11-20(22)8-6-7-18(20)21)19(24)17(10-15)12-23-13(2)3/h9-10,12-14,18,24H,5-8,11,21-22H2,1-4H3. The normalized spacial score (nSPS) is 25.7. The number of nitrogens with two attached hydrogens (primary N) is 2. The molecule has 1 aromatic carbocycles. The van der Waals surface area contributed by atoms with Gasteiger partial charge in [-0.25, -0.2) is 0 Å². The number of phenolic OH excluding ortho intramolecular Hbond substituents is 1. The molecule has 0 radical (unpaired) electrons. The van der Waals surface area contributed by atoms with E-state index in [9.17, 15) is 5.11 Å². The fourth-order valence-electron chi connectivity index (χ4n) is 3.43. The van der Waals surface area contributed by atoms with Crippen molar-refractivity contribution in [3.63, 3.8) is 0 Å². The molecule has 24 heavy (non-hydrogen) atoms. The van der Waals surface area contributed by atoms with E-state index in [2.05, 4.69) is 31.0 Å². The van der Waals surface area contributed by atoms with Crippen LogP contribution in [0.25, 0.3) is 0 Å². The van der Waals surface area contributed by atoms with Gasteiger partial charge in [0, 0.05) is 29.4 Å². The van der Waals surface area contributed by atoms with Crippen LogP contribution in [0.1, 0.15) is 76.0 Å². The lowest BCUT2D eigenvalue weighted by molar-refractivity contribution is 0.376. The highest BCUT2D eigenvalue weighted by molar-refractivity contribution is 5.84. The van der Waals surface area contributed by atoms with Crippen molar-refractivity contribution in [2.45, 2.75) is 83.3 Å². The summed E-state index contributed by atoms with van der Waals surface area (Å²) in [6.07, 6.45) is 6.39. The molecule has 1 saturated carbocycles. The number of benzene rings is 1. The summed E-state index contributed by atoms with van der Waals surface area (Å²) in [5.74, 6) is 0.733. The summed E-state index contributed by atoms with van der Waals surface area (Å²) < 4.78 is 0. The summed E-state index contributed by atoms with van der Waals surface area (Å²) in [6, 6.07) is 4.35. The summed E-state index contributed by atoms with van der Waals surface area (Å²) in [7, 11) is 0. The molecule has 3 atom stereocenters. The van der Waals surface area contributed by atoms with Gasteiger partial charge < -0.3 is 16.6 Å². The van der Waals surface area contributed by atoms with Crippen LogP contribution in [0.5, 0.6) is 5.75 Å². The Bertz CT molecular complexity index is 597. The smallest absolute Gasteiger partial charge is 0.127 e. The van der Waals surface area contributed by atoms with E-state index in [4.69, 9.17) is 11.5 Å². The third-order valence-electron chi connectivity index (χ3n) is 5.35. The van der Waals surface area contributed by atoms with E-state index in [1.807, 2.05) is 13.8 Å². The molecule has 0 bridgehead atoms. The average molecular weight is 332 g/mol. The van der Waals surface area contributed by atoms with Crippen molar-refractivity contribution in [2.75, 3.05) is 0 Å². The summed E-state index contributed by atoms with van der Waals surface area (Å²) in [5, 5.41) is 10.8. The first kappa shape index (κ1) is 18.9. The maximum absolute atomic E-state index is 10.8. The van der Waals surface area contributed by atoms with Crippen LogP contribution in [0.15, 0.2) is 17.1 Å². The molecule has 0 amide bonds. The maximum Gasteiger partial charge on any atom is 0.127 e. The number of aromatic hydroxyl groups is 1. The highest BCUT2D eigenvalue weighted by Gasteiger charge is 2.37. The van der Waals surface area contributed by atoms with Gasteiger partial charge in [0.25, 0.3) is 0 Å². The first-order valence-electron chi connectivity index (χ1n) is 9.20. The largest absolute Gasteiger partial charge is 0.507 e. The molecule has 1 fully saturated rings. The Kier molecular flexibility index (Phi) is 6.05. The van der Waals surface area contributed by atoms with Crippen LogP contribution in [-0.4, -0.2) is 28.9 Å². The number of aliphatic imine (C=N–C) groups is 1. The van der Waals surface area contributed by atoms with Gasteiger partial charge in [-0.05, 0) is 69.1 Å². The van der Waals surface area contributed by atoms with Gasteiger partial charge >= 0.3 is 0 Å². The predicted molar refractivity (Wildman–Crippen MR) is 102 cm³/mol. The van der Waals surface area contributed by atoms with Crippen molar-refractivity contribution < 1.29 is 5.11 Å². The molecule has 3 unspecified atom stereocenters. The molecule has 0 aliphatic heterocycles. The van der Waals surface area contributed by atoms with Crippen LogP contribution in [0.2, 0.25) is 0 Å². The zero-order chi connectivity index (χ0) is 17.9. The van der Waals surface area contributed by atoms with E-state index in [0.29, 0.717) is 18.1 Å². The second-order valence-corrected chi connectivity index (χ2v) is 7.71. The number of phenols is 1. The van der Waals surface area contributed by atoms with Gasteiger partial charge in [-0.2, -0.15) is 0 Å². The minimum absolute atomic E-state index is 0.00284. The van der Waals surface area contributed by atoms with Gasteiger partial charge in [0.05, 0.1) is 0 Å². The molecule has 0 spiro atoms. The van der Waals surface area contributed by atoms with E-state index in [-0.39, 0.29) is 12.1 Å². The molecule has 1 aliphatic rings. The van der Waals surface area contributed by atoms with Gasteiger partial charge in [-0.1, -0.05) is 19.9 Å². The van der Waals surface area contributed by atoms with Crippen LogP contribution in [0.4, 0.5) is 0 Å². The number of rotatable bonds is 6. The lowest BCUT2D eigenvalue weighted by Gasteiger charge is -2.30. The van der Waals surface area contributed by atoms with E-state index in [1.54, 1.807) is 6.21 Å². The van der Waals surface area contributed by atoms with Gasteiger partial charge in [0.15, 0.2) is 0 Å². The Balaban J connectivity index is 2.43. The molecule has 4 nitrogen and oxygen atoms in total. The van der Waals surface area contributed by atoms with Gasteiger partial charge in [0.2, 0.25) is 0 Å². The molecule has 1 aliphatic carbocycles. The van der Waals surface area contributed by atoms with Crippen molar-refractivity contribution in [1.29, 1.82) is 0 Å². The Labute approximate surface area is 146 Å². The first-order chi connectivity index (χ1) is 11.3. The minimum Gasteiger partial charge on any atom is -0.507 e. The zero-order valence-electron chi connectivity index (χ0n) is 15.5. The second-order valence-electron chi connectivity index (χ2n) is 7.71. The molecule has 0 heterocycles. The Morgan fingerprint density at radius 2 is 2.08 bits per heavy atom. The first-order valence-corrected chi connectivity index (χ1v) is 9.20. The SMILES string of the molecule is CCC(C)c1cc(C=NC(C)C)c(O)c(CC2(N)CCCC2N)c1.